The number of anilines is 3. The molecule has 1 nitrogen and oxygen atoms in total. The summed E-state index contributed by atoms with van der Waals surface area (Å²) in [4.78, 5) is 2.36. The highest BCUT2D eigenvalue weighted by molar-refractivity contribution is 5.98. The van der Waals surface area contributed by atoms with Gasteiger partial charge in [-0.1, -0.05) is 170 Å². The van der Waals surface area contributed by atoms with E-state index >= 15 is 0 Å². The van der Waals surface area contributed by atoms with Crippen molar-refractivity contribution >= 4 is 38.6 Å². The third kappa shape index (κ3) is 5.93. The number of rotatable bonds is 7. The van der Waals surface area contributed by atoms with Crippen molar-refractivity contribution in [1.29, 1.82) is 0 Å². The van der Waals surface area contributed by atoms with Crippen LogP contribution in [0.1, 0.15) is 5.56 Å². The zero-order valence-corrected chi connectivity index (χ0v) is 29.1. The van der Waals surface area contributed by atoms with Crippen molar-refractivity contribution in [3.63, 3.8) is 0 Å². The topological polar surface area (TPSA) is 3.24 Å². The lowest BCUT2D eigenvalue weighted by molar-refractivity contribution is 1.27. The van der Waals surface area contributed by atoms with E-state index in [1.807, 2.05) is 0 Å². The first-order valence-electron chi connectivity index (χ1n) is 17.9. The Morgan fingerprint density at radius 1 is 0.288 bits per heavy atom. The van der Waals surface area contributed by atoms with Gasteiger partial charge in [-0.05, 0) is 115 Å². The summed E-state index contributed by atoms with van der Waals surface area (Å²) in [6, 6.07) is 74.6. The molecule has 0 saturated heterocycles. The van der Waals surface area contributed by atoms with Gasteiger partial charge < -0.3 is 4.90 Å². The third-order valence-corrected chi connectivity index (χ3v) is 10.2. The summed E-state index contributed by atoms with van der Waals surface area (Å²) in [5.41, 5.74) is 14.4. The molecule has 52 heavy (non-hydrogen) atoms. The second kappa shape index (κ2) is 13.5. The lowest BCUT2D eigenvalue weighted by Gasteiger charge is -2.27. The average Bonchev–Trinajstić information content (AvgIpc) is 3.22. The first kappa shape index (κ1) is 31.3. The van der Waals surface area contributed by atoms with Gasteiger partial charge in [-0.15, -0.1) is 0 Å². The molecule has 0 aromatic heterocycles. The summed E-state index contributed by atoms with van der Waals surface area (Å²) in [5.74, 6) is 0. The predicted octanol–water partition coefficient (Wildman–Crippen LogP) is 14.4. The van der Waals surface area contributed by atoms with Gasteiger partial charge in [0, 0.05) is 17.1 Å². The molecule has 0 saturated carbocycles. The zero-order chi connectivity index (χ0) is 34.9. The quantitative estimate of drug-likeness (QED) is 0.164. The largest absolute Gasteiger partial charge is 0.310 e. The van der Waals surface area contributed by atoms with Gasteiger partial charge in [-0.3, -0.25) is 0 Å². The predicted molar refractivity (Wildman–Crippen MR) is 223 cm³/mol. The highest BCUT2D eigenvalue weighted by Gasteiger charge is 2.16. The fourth-order valence-corrected chi connectivity index (χ4v) is 7.55. The summed E-state index contributed by atoms with van der Waals surface area (Å²) in [6.45, 7) is 2.22. The van der Waals surface area contributed by atoms with Crippen LogP contribution in [0, 0.1) is 6.92 Å². The van der Waals surface area contributed by atoms with E-state index in [1.54, 1.807) is 0 Å². The van der Waals surface area contributed by atoms with Crippen molar-refractivity contribution in [2.75, 3.05) is 4.90 Å². The van der Waals surface area contributed by atoms with E-state index in [0.29, 0.717) is 0 Å². The van der Waals surface area contributed by atoms with Crippen LogP contribution in [-0.4, -0.2) is 0 Å². The van der Waals surface area contributed by atoms with Gasteiger partial charge in [0.1, 0.15) is 0 Å². The molecule has 9 aromatic rings. The van der Waals surface area contributed by atoms with Gasteiger partial charge in [0.15, 0.2) is 0 Å². The van der Waals surface area contributed by atoms with E-state index in [1.165, 1.54) is 71.6 Å². The Morgan fingerprint density at radius 3 is 1.29 bits per heavy atom. The molecule has 0 atom stereocenters. The van der Waals surface area contributed by atoms with Crippen LogP contribution >= 0.6 is 0 Å². The zero-order valence-electron chi connectivity index (χ0n) is 29.1. The van der Waals surface area contributed by atoms with Crippen LogP contribution in [-0.2, 0) is 0 Å². The minimum Gasteiger partial charge on any atom is -0.310 e. The van der Waals surface area contributed by atoms with E-state index in [4.69, 9.17) is 0 Å². The summed E-state index contributed by atoms with van der Waals surface area (Å²) < 4.78 is 0. The van der Waals surface area contributed by atoms with Crippen molar-refractivity contribution in [3.05, 3.63) is 212 Å². The molecular weight excluding hydrogens is 627 g/mol. The highest BCUT2D eigenvalue weighted by Crippen LogP contribution is 2.40. The molecule has 0 radical (unpaired) electrons. The maximum absolute atomic E-state index is 2.36. The van der Waals surface area contributed by atoms with Gasteiger partial charge in [0.2, 0.25) is 0 Å². The number of hydrogen-bond donors (Lipinski definition) is 0. The van der Waals surface area contributed by atoms with E-state index in [-0.39, 0.29) is 0 Å². The second-order valence-corrected chi connectivity index (χ2v) is 13.4. The number of aryl methyl sites for hydroxylation is 1. The molecule has 0 aliphatic heterocycles. The first-order valence-corrected chi connectivity index (χ1v) is 17.9. The van der Waals surface area contributed by atoms with Crippen LogP contribution in [0.2, 0.25) is 0 Å². The maximum atomic E-state index is 2.36. The first-order chi connectivity index (χ1) is 25.7. The SMILES string of the molecule is Cc1cc(N(c2ccc(-c3ccccc3)cc2)c2ccc(-c3ccc(-c4cccc5ccccc45)cc3)cc2)ccc1-c1cccc2ccccc12. The van der Waals surface area contributed by atoms with Crippen LogP contribution in [0.3, 0.4) is 0 Å². The molecule has 0 heterocycles. The van der Waals surface area contributed by atoms with Gasteiger partial charge in [0.05, 0.1) is 0 Å². The number of nitrogens with zero attached hydrogens (tertiary/aromatic N) is 1. The molecule has 9 rings (SSSR count). The van der Waals surface area contributed by atoms with Crippen molar-refractivity contribution < 1.29 is 0 Å². The lowest BCUT2D eigenvalue weighted by atomic mass is 9.94. The Balaban J connectivity index is 1.07. The molecule has 0 aliphatic rings. The van der Waals surface area contributed by atoms with Crippen LogP contribution in [0.4, 0.5) is 17.1 Å². The summed E-state index contributed by atoms with van der Waals surface area (Å²) in [7, 11) is 0. The van der Waals surface area contributed by atoms with E-state index in [2.05, 4.69) is 218 Å². The molecule has 0 N–H and O–H groups in total. The van der Waals surface area contributed by atoms with Crippen molar-refractivity contribution in [2.24, 2.45) is 0 Å². The number of hydrogen-bond acceptors (Lipinski definition) is 1. The van der Waals surface area contributed by atoms with E-state index in [9.17, 15) is 0 Å². The van der Waals surface area contributed by atoms with Gasteiger partial charge >= 0.3 is 0 Å². The standard InChI is InChI=1S/C51H37N/c1-36-35-46(33-34-47(36)51-20-10-16-42-14-6-8-18-50(42)51)52(44-29-25-39(26-30-44)37-11-3-2-4-12-37)45-31-27-40(28-32-45)38-21-23-43(24-22-38)49-19-9-15-41-13-5-7-17-48(41)49/h2-35H,1H3. The molecule has 0 amide bonds. The van der Waals surface area contributed by atoms with Crippen molar-refractivity contribution in [2.45, 2.75) is 6.92 Å². The van der Waals surface area contributed by atoms with Crippen LogP contribution in [0.15, 0.2) is 206 Å². The maximum Gasteiger partial charge on any atom is 0.0464 e. The highest BCUT2D eigenvalue weighted by atomic mass is 15.1. The van der Waals surface area contributed by atoms with E-state index < -0.39 is 0 Å². The molecule has 0 spiro atoms. The van der Waals surface area contributed by atoms with Crippen LogP contribution in [0.5, 0.6) is 0 Å². The number of fused-ring (bicyclic) bond motifs is 2. The Bertz CT molecular complexity index is 2640. The molecule has 0 unspecified atom stereocenters. The molecule has 246 valence electrons. The molecular formula is C51H37N. The van der Waals surface area contributed by atoms with Crippen molar-refractivity contribution in [1.82, 2.24) is 0 Å². The molecule has 0 aliphatic carbocycles. The second-order valence-electron chi connectivity index (χ2n) is 13.4. The molecule has 9 aromatic carbocycles. The normalized spacial score (nSPS) is 11.2. The minimum atomic E-state index is 1.11. The molecule has 0 fully saturated rings. The number of benzene rings is 9. The summed E-state index contributed by atoms with van der Waals surface area (Å²) >= 11 is 0. The molecule has 1 heteroatoms. The summed E-state index contributed by atoms with van der Waals surface area (Å²) in [5, 5.41) is 5.07. The Kier molecular flexibility index (Phi) is 8.15. The van der Waals surface area contributed by atoms with Crippen LogP contribution < -0.4 is 4.90 Å². The Labute approximate surface area is 305 Å². The molecule has 0 bridgehead atoms. The Morgan fingerprint density at radius 2 is 0.712 bits per heavy atom. The van der Waals surface area contributed by atoms with Gasteiger partial charge in [-0.2, -0.15) is 0 Å². The monoisotopic (exact) mass is 663 g/mol. The fourth-order valence-electron chi connectivity index (χ4n) is 7.55. The van der Waals surface area contributed by atoms with Crippen molar-refractivity contribution in [3.8, 4) is 44.5 Å². The van der Waals surface area contributed by atoms with Gasteiger partial charge in [0.25, 0.3) is 0 Å². The fraction of sp³-hybridized carbons (Fsp3) is 0.0196. The van der Waals surface area contributed by atoms with E-state index in [0.717, 1.165) is 17.1 Å². The third-order valence-electron chi connectivity index (χ3n) is 10.2. The minimum absolute atomic E-state index is 1.11. The van der Waals surface area contributed by atoms with Crippen LogP contribution in [0.25, 0.3) is 66.1 Å². The van der Waals surface area contributed by atoms with Gasteiger partial charge in [-0.25, -0.2) is 0 Å². The average molecular weight is 664 g/mol. The Hall–Kier alpha value is -6.70. The smallest absolute Gasteiger partial charge is 0.0464 e. The lowest BCUT2D eigenvalue weighted by Crippen LogP contribution is -2.10. The summed E-state index contributed by atoms with van der Waals surface area (Å²) in [6.07, 6.45) is 0.